The number of piperidine rings is 1. The molecule has 134 valence electrons. The molecule has 0 aromatic rings. The molecule has 0 aromatic heterocycles. The van der Waals surface area contributed by atoms with Gasteiger partial charge in [0.1, 0.15) is 0 Å². The van der Waals surface area contributed by atoms with Crippen LogP contribution in [0.4, 0.5) is 0 Å². The first kappa shape index (κ1) is 18.5. The van der Waals surface area contributed by atoms with Crippen molar-refractivity contribution in [2.75, 3.05) is 52.5 Å². The van der Waals surface area contributed by atoms with E-state index in [1.54, 1.807) is 0 Å². The molecule has 2 N–H and O–H groups in total. The van der Waals surface area contributed by atoms with Crippen molar-refractivity contribution in [2.45, 2.75) is 46.0 Å². The predicted molar refractivity (Wildman–Crippen MR) is 97.0 cm³/mol. The van der Waals surface area contributed by atoms with Crippen LogP contribution in [-0.4, -0.2) is 63.3 Å². The molecule has 2 fully saturated rings. The molecule has 1 heterocycles. The number of nitrogens with zero attached hydrogens (tertiary/aromatic N) is 2. The smallest absolute Gasteiger partial charge is 0.191 e. The van der Waals surface area contributed by atoms with Gasteiger partial charge < -0.3 is 20.3 Å². The Hall–Kier alpha value is -0.810. The van der Waals surface area contributed by atoms with Crippen LogP contribution >= 0.6 is 0 Å². The minimum atomic E-state index is 0.834. The van der Waals surface area contributed by atoms with Crippen molar-refractivity contribution in [3.63, 3.8) is 0 Å². The fourth-order valence-electron chi connectivity index (χ4n) is 3.06. The Labute approximate surface area is 142 Å². The lowest BCUT2D eigenvalue weighted by molar-refractivity contribution is 0.123. The molecule has 1 saturated carbocycles. The molecule has 0 amide bonds. The van der Waals surface area contributed by atoms with E-state index in [2.05, 4.69) is 34.4 Å². The van der Waals surface area contributed by atoms with Gasteiger partial charge >= 0.3 is 0 Å². The topological polar surface area (TPSA) is 48.9 Å². The number of guanidine groups is 1. The summed E-state index contributed by atoms with van der Waals surface area (Å²) in [5.41, 5.74) is 0. The zero-order valence-corrected chi connectivity index (χ0v) is 15.1. The summed E-state index contributed by atoms with van der Waals surface area (Å²) in [7, 11) is 0. The maximum Gasteiger partial charge on any atom is 0.191 e. The second-order valence-corrected chi connectivity index (χ2v) is 7.11. The highest BCUT2D eigenvalue weighted by molar-refractivity contribution is 5.79. The molecule has 2 rings (SSSR count). The summed E-state index contributed by atoms with van der Waals surface area (Å²) in [6.07, 6.45) is 6.46. The molecule has 0 aromatic carbocycles. The number of rotatable bonds is 10. The third-order valence-electron chi connectivity index (χ3n) is 4.57. The molecule has 0 bridgehead atoms. The van der Waals surface area contributed by atoms with Gasteiger partial charge in [0.2, 0.25) is 0 Å². The van der Waals surface area contributed by atoms with Gasteiger partial charge in [0.25, 0.3) is 0 Å². The lowest BCUT2D eigenvalue weighted by atomic mass is 10.0. The summed E-state index contributed by atoms with van der Waals surface area (Å²) in [6, 6.07) is 0. The van der Waals surface area contributed by atoms with E-state index < -0.39 is 0 Å². The largest absolute Gasteiger partial charge is 0.381 e. The average Bonchev–Trinajstić information content (AvgIpc) is 3.35. The maximum absolute atomic E-state index is 5.65. The molecule has 5 heteroatoms. The van der Waals surface area contributed by atoms with Crippen LogP contribution in [0.1, 0.15) is 46.0 Å². The Morgan fingerprint density at radius 3 is 2.87 bits per heavy atom. The number of hydrogen-bond acceptors (Lipinski definition) is 3. The summed E-state index contributed by atoms with van der Waals surface area (Å²) >= 11 is 0. The molecular formula is C18H36N4O. The van der Waals surface area contributed by atoms with Crippen LogP contribution in [0.25, 0.3) is 0 Å². The van der Waals surface area contributed by atoms with E-state index in [1.165, 1.54) is 38.8 Å². The molecule has 23 heavy (non-hydrogen) atoms. The van der Waals surface area contributed by atoms with E-state index in [9.17, 15) is 0 Å². The van der Waals surface area contributed by atoms with E-state index in [-0.39, 0.29) is 0 Å². The zero-order valence-electron chi connectivity index (χ0n) is 15.1. The van der Waals surface area contributed by atoms with E-state index in [1.807, 2.05) is 0 Å². The monoisotopic (exact) mass is 324 g/mol. The third kappa shape index (κ3) is 8.56. The number of ether oxygens (including phenoxy) is 1. The summed E-state index contributed by atoms with van der Waals surface area (Å²) in [5.74, 6) is 2.65. The molecular weight excluding hydrogens is 288 g/mol. The van der Waals surface area contributed by atoms with Crippen molar-refractivity contribution >= 4 is 5.96 Å². The molecule has 0 radical (unpaired) electrons. The van der Waals surface area contributed by atoms with Crippen molar-refractivity contribution in [1.82, 2.24) is 15.5 Å². The van der Waals surface area contributed by atoms with Crippen LogP contribution in [0.3, 0.4) is 0 Å². The molecule has 1 aliphatic heterocycles. The van der Waals surface area contributed by atoms with E-state index in [4.69, 9.17) is 4.74 Å². The highest BCUT2D eigenvalue weighted by Crippen LogP contribution is 2.28. The second-order valence-electron chi connectivity index (χ2n) is 7.11. The van der Waals surface area contributed by atoms with Crippen LogP contribution in [0.15, 0.2) is 4.99 Å². The highest BCUT2D eigenvalue weighted by atomic mass is 16.5. The van der Waals surface area contributed by atoms with Crippen LogP contribution < -0.4 is 10.6 Å². The molecule has 1 atom stereocenters. The maximum atomic E-state index is 5.65. The number of likely N-dealkylation sites (tertiary alicyclic amines) is 1. The van der Waals surface area contributed by atoms with Gasteiger partial charge in [-0.1, -0.05) is 6.92 Å². The first-order valence-corrected chi connectivity index (χ1v) is 9.60. The molecule has 0 spiro atoms. The fourth-order valence-corrected chi connectivity index (χ4v) is 3.06. The van der Waals surface area contributed by atoms with Gasteiger partial charge in [-0.3, -0.25) is 4.99 Å². The van der Waals surface area contributed by atoms with Crippen molar-refractivity contribution in [2.24, 2.45) is 16.8 Å². The van der Waals surface area contributed by atoms with E-state index in [0.717, 1.165) is 63.6 Å². The van der Waals surface area contributed by atoms with Crippen molar-refractivity contribution in [1.29, 1.82) is 0 Å². The van der Waals surface area contributed by atoms with Crippen molar-refractivity contribution in [3.05, 3.63) is 0 Å². The van der Waals surface area contributed by atoms with Crippen molar-refractivity contribution in [3.8, 4) is 0 Å². The van der Waals surface area contributed by atoms with Gasteiger partial charge in [-0.15, -0.1) is 0 Å². The number of aliphatic imine (C=N–C) groups is 1. The molecule has 2 aliphatic rings. The van der Waals surface area contributed by atoms with Gasteiger partial charge in [-0.25, -0.2) is 0 Å². The number of nitrogens with one attached hydrogen (secondary N) is 2. The van der Waals surface area contributed by atoms with E-state index in [0.29, 0.717) is 0 Å². The Bertz CT molecular complexity index is 344. The SMILES string of the molecule is CCNC(=NCCCOCC1CC1)NCCN1CCCC(C)C1. The Morgan fingerprint density at radius 2 is 2.13 bits per heavy atom. The zero-order chi connectivity index (χ0) is 16.3. The summed E-state index contributed by atoms with van der Waals surface area (Å²) < 4.78 is 5.65. The first-order valence-electron chi connectivity index (χ1n) is 9.60. The lowest BCUT2D eigenvalue weighted by Gasteiger charge is -2.30. The van der Waals surface area contributed by atoms with E-state index >= 15 is 0 Å². The van der Waals surface area contributed by atoms with Gasteiger partial charge in [-0.2, -0.15) is 0 Å². The van der Waals surface area contributed by atoms with Crippen LogP contribution in [0.2, 0.25) is 0 Å². The Morgan fingerprint density at radius 1 is 1.26 bits per heavy atom. The summed E-state index contributed by atoms with van der Waals surface area (Å²) in [5, 5.41) is 6.79. The minimum absolute atomic E-state index is 0.834. The van der Waals surface area contributed by atoms with Gasteiger partial charge in [-0.05, 0) is 57.4 Å². The van der Waals surface area contributed by atoms with Crippen LogP contribution in [0, 0.1) is 11.8 Å². The summed E-state index contributed by atoms with van der Waals surface area (Å²) in [4.78, 5) is 7.21. The third-order valence-corrected chi connectivity index (χ3v) is 4.57. The quantitative estimate of drug-likeness (QED) is 0.367. The predicted octanol–water partition coefficient (Wildman–Crippen LogP) is 2.09. The second kappa shape index (κ2) is 10.9. The first-order chi connectivity index (χ1) is 11.3. The number of hydrogen-bond donors (Lipinski definition) is 2. The summed E-state index contributed by atoms with van der Waals surface area (Å²) in [6.45, 7) is 12.6. The molecule has 5 nitrogen and oxygen atoms in total. The fraction of sp³-hybridized carbons (Fsp3) is 0.944. The van der Waals surface area contributed by atoms with Crippen molar-refractivity contribution < 1.29 is 4.74 Å². The molecule has 1 saturated heterocycles. The average molecular weight is 325 g/mol. The standard InChI is InChI=1S/C18H36N4O/c1-3-19-18(20-9-5-13-23-15-17-7-8-17)21-10-12-22-11-4-6-16(2)14-22/h16-17H,3-15H2,1-2H3,(H2,19,20,21). The Balaban J connectivity index is 1.54. The lowest BCUT2D eigenvalue weighted by Crippen LogP contribution is -2.43. The molecule has 1 aliphatic carbocycles. The highest BCUT2D eigenvalue weighted by Gasteiger charge is 2.20. The van der Waals surface area contributed by atoms with Gasteiger partial charge in [0.05, 0.1) is 0 Å². The minimum Gasteiger partial charge on any atom is -0.381 e. The molecule has 1 unspecified atom stereocenters. The normalized spacial score (nSPS) is 23.0. The van der Waals surface area contributed by atoms with Gasteiger partial charge in [0, 0.05) is 45.9 Å². The van der Waals surface area contributed by atoms with Crippen LogP contribution in [-0.2, 0) is 4.74 Å². The van der Waals surface area contributed by atoms with Gasteiger partial charge in [0.15, 0.2) is 5.96 Å². The van der Waals surface area contributed by atoms with Crippen LogP contribution in [0.5, 0.6) is 0 Å². The Kier molecular flexibility index (Phi) is 8.76.